The minimum Gasteiger partial charge on any atom is -0.409 e. The zero-order chi connectivity index (χ0) is 8.27. The number of hydrogen-bond acceptors (Lipinski definition) is 4. The molecule has 0 aliphatic rings. The Bertz CT molecular complexity index is 284. The van der Waals surface area contributed by atoms with Crippen LogP contribution >= 0.6 is 0 Å². The van der Waals surface area contributed by atoms with E-state index in [4.69, 9.17) is 16.7 Å². The molecule has 0 unspecified atom stereocenters. The Morgan fingerprint density at radius 3 is 2.82 bits per heavy atom. The summed E-state index contributed by atoms with van der Waals surface area (Å²) in [6.07, 6.45) is 0. The number of nitrogens with zero attached hydrogens (tertiary/aromatic N) is 2. The first-order valence-electron chi connectivity index (χ1n) is 2.94. The van der Waals surface area contributed by atoms with Gasteiger partial charge in [0.05, 0.1) is 0 Å². The average molecular weight is 152 g/mol. The summed E-state index contributed by atoms with van der Waals surface area (Å²) in [6, 6.07) is 4.90. The van der Waals surface area contributed by atoms with Gasteiger partial charge in [-0.3, -0.25) is 0 Å². The van der Waals surface area contributed by atoms with Crippen LogP contribution in [0.4, 0.5) is 5.82 Å². The van der Waals surface area contributed by atoms with E-state index in [0.717, 1.165) is 0 Å². The highest BCUT2D eigenvalue weighted by molar-refractivity contribution is 5.95. The molecule has 5 nitrogen and oxygen atoms in total. The average Bonchev–Trinajstić information content (AvgIpc) is 2.03. The predicted molar refractivity (Wildman–Crippen MR) is 41.2 cm³/mol. The van der Waals surface area contributed by atoms with Crippen molar-refractivity contribution in [3.63, 3.8) is 0 Å². The summed E-state index contributed by atoms with van der Waals surface area (Å²) in [6.45, 7) is 0. The van der Waals surface area contributed by atoms with Gasteiger partial charge in [-0.2, -0.15) is 0 Å². The summed E-state index contributed by atoms with van der Waals surface area (Å²) in [4.78, 5) is 3.81. The maximum absolute atomic E-state index is 8.26. The van der Waals surface area contributed by atoms with Gasteiger partial charge in [0.1, 0.15) is 11.5 Å². The Morgan fingerprint density at radius 1 is 1.55 bits per heavy atom. The molecule has 5 heteroatoms. The molecule has 1 heterocycles. The first kappa shape index (κ1) is 7.33. The third kappa shape index (κ3) is 1.57. The smallest absolute Gasteiger partial charge is 0.188 e. The van der Waals surface area contributed by atoms with Gasteiger partial charge in [-0.1, -0.05) is 11.2 Å². The minimum absolute atomic E-state index is 0.0442. The molecule has 1 rings (SSSR count). The van der Waals surface area contributed by atoms with Gasteiger partial charge in [0.25, 0.3) is 0 Å². The van der Waals surface area contributed by atoms with E-state index < -0.39 is 0 Å². The molecule has 0 aliphatic carbocycles. The van der Waals surface area contributed by atoms with Crippen LogP contribution in [0.2, 0.25) is 0 Å². The second-order valence-corrected chi connectivity index (χ2v) is 1.93. The lowest BCUT2D eigenvalue weighted by Crippen LogP contribution is -2.15. The van der Waals surface area contributed by atoms with Crippen LogP contribution in [-0.4, -0.2) is 16.0 Å². The van der Waals surface area contributed by atoms with Gasteiger partial charge < -0.3 is 16.7 Å². The van der Waals surface area contributed by atoms with Gasteiger partial charge in [0.2, 0.25) is 0 Å². The van der Waals surface area contributed by atoms with Crippen molar-refractivity contribution in [3.05, 3.63) is 23.9 Å². The van der Waals surface area contributed by atoms with Crippen molar-refractivity contribution in [1.29, 1.82) is 0 Å². The number of amidine groups is 1. The monoisotopic (exact) mass is 152 g/mol. The molecule has 0 fully saturated rings. The van der Waals surface area contributed by atoms with E-state index in [1.165, 1.54) is 0 Å². The third-order valence-corrected chi connectivity index (χ3v) is 1.14. The van der Waals surface area contributed by atoms with E-state index in [2.05, 4.69) is 10.1 Å². The Labute approximate surface area is 63.3 Å². The topological polar surface area (TPSA) is 97.5 Å². The Hall–Kier alpha value is -1.78. The quantitative estimate of drug-likeness (QED) is 0.224. The van der Waals surface area contributed by atoms with Crippen LogP contribution in [0.15, 0.2) is 23.4 Å². The molecule has 58 valence electrons. The van der Waals surface area contributed by atoms with Crippen molar-refractivity contribution in [3.8, 4) is 0 Å². The van der Waals surface area contributed by atoms with Crippen molar-refractivity contribution in [1.82, 2.24) is 4.98 Å². The maximum atomic E-state index is 8.26. The maximum Gasteiger partial charge on any atom is 0.188 e. The summed E-state index contributed by atoms with van der Waals surface area (Å²) < 4.78 is 0. The van der Waals surface area contributed by atoms with Crippen LogP contribution in [0.1, 0.15) is 5.69 Å². The third-order valence-electron chi connectivity index (χ3n) is 1.14. The van der Waals surface area contributed by atoms with Gasteiger partial charge in [-0.15, -0.1) is 0 Å². The zero-order valence-corrected chi connectivity index (χ0v) is 5.73. The Morgan fingerprint density at radius 2 is 2.27 bits per heavy atom. The van der Waals surface area contributed by atoms with Crippen LogP contribution in [-0.2, 0) is 0 Å². The highest BCUT2D eigenvalue weighted by Gasteiger charge is 1.98. The summed E-state index contributed by atoms with van der Waals surface area (Å²) in [7, 11) is 0. The van der Waals surface area contributed by atoms with Gasteiger partial charge in [0, 0.05) is 0 Å². The van der Waals surface area contributed by atoms with E-state index in [9.17, 15) is 0 Å². The SMILES string of the molecule is NC(=NO)c1cccc(N)n1. The number of aromatic nitrogens is 1. The highest BCUT2D eigenvalue weighted by Crippen LogP contribution is 1.98. The molecule has 0 radical (unpaired) electrons. The van der Waals surface area contributed by atoms with E-state index in [1.54, 1.807) is 18.2 Å². The molecule has 1 aromatic heterocycles. The molecular weight excluding hydrogens is 144 g/mol. The number of nitrogens with two attached hydrogens (primary N) is 2. The second-order valence-electron chi connectivity index (χ2n) is 1.93. The van der Waals surface area contributed by atoms with Crippen LogP contribution in [0.5, 0.6) is 0 Å². The molecule has 1 aromatic rings. The van der Waals surface area contributed by atoms with Crippen molar-refractivity contribution in [2.24, 2.45) is 10.9 Å². The summed E-state index contributed by atoms with van der Waals surface area (Å²) in [5.41, 5.74) is 11.0. The van der Waals surface area contributed by atoms with E-state index >= 15 is 0 Å². The molecule has 11 heavy (non-hydrogen) atoms. The number of oxime groups is 1. The predicted octanol–water partition coefficient (Wildman–Crippen LogP) is -0.242. The van der Waals surface area contributed by atoms with Gasteiger partial charge >= 0.3 is 0 Å². The number of nitrogen functional groups attached to an aromatic ring is 1. The standard InChI is InChI=1S/C6H8N4O/c7-5-3-1-2-4(9-5)6(8)10-11/h1-3,11H,(H2,7,9)(H2,8,10). The van der Waals surface area contributed by atoms with E-state index in [0.29, 0.717) is 11.5 Å². The van der Waals surface area contributed by atoms with Crippen LogP contribution < -0.4 is 11.5 Å². The van der Waals surface area contributed by atoms with E-state index in [1.807, 2.05) is 0 Å². The molecule has 0 atom stereocenters. The number of rotatable bonds is 1. The summed E-state index contributed by atoms with van der Waals surface area (Å²) in [5, 5.41) is 11.0. The molecule has 0 amide bonds. The largest absolute Gasteiger partial charge is 0.409 e. The lowest BCUT2D eigenvalue weighted by atomic mass is 10.3. The molecule has 0 bridgehead atoms. The molecule has 0 aliphatic heterocycles. The molecule has 0 saturated carbocycles. The first-order chi connectivity index (χ1) is 5.24. The van der Waals surface area contributed by atoms with Crippen molar-refractivity contribution in [2.45, 2.75) is 0 Å². The Kier molecular flexibility index (Phi) is 1.91. The number of anilines is 1. The minimum atomic E-state index is -0.0442. The lowest BCUT2D eigenvalue weighted by Gasteiger charge is -1.96. The fourth-order valence-electron chi connectivity index (χ4n) is 0.645. The molecule has 0 spiro atoms. The van der Waals surface area contributed by atoms with Crippen molar-refractivity contribution >= 4 is 11.7 Å². The molecule has 0 aromatic carbocycles. The number of pyridine rings is 1. The Balaban J connectivity index is 3.06. The fourth-order valence-corrected chi connectivity index (χ4v) is 0.645. The van der Waals surface area contributed by atoms with E-state index in [-0.39, 0.29) is 5.84 Å². The van der Waals surface area contributed by atoms with Crippen molar-refractivity contribution < 1.29 is 5.21 Å². The van der Waals surface area contributed by atoms with Crippen molar-refractivity contribution in [2.75, 3.05) is 5.73 Å². The summed E-state index contributed by atoms with van der Waals surface area (Å²) in [5.74, 6) is 0.298. The summed E-state index contributed by atoms with van der Waals surface area (Å²) >= 11 is 0. The normalized spacial score (nSPS) is 11.5. The second kappa shape index (κ2) is 2.87. The van der Waals surface area contributed by atoms with Crippen LogP contribution in [0.25, 0.3) is 0 Å². The highest BCUT2D eigenvalue weighted by atomic mass is 16.4. The fraction of sp³-hybridized carbons (Fsp3) is 0. The van der Waals surface area contributed by atoms with Gasteiger partial charge in [-0.05, 0) is 12.1 Å². The van der Waals surface area contributed by atoms with Gasteiger partial charge in [-0.25, -0.2) is 4.98 Å². The number of hydrogen-bond donors (Lipinski definition) is 3. The van der Waals surface area contributed by atoms with Gasteiger partial charge in [0.15, 0.2) is 5.84 Å². The molecule has 5 N–H and O–H groups in total. The molecule has 0 saturated heterocycles. The molecular formula is C6H8N4O. The van der Waals surface area contributed by atoms with Crippen LogP contribution in [0.3, 0.4) is 0 Å². The lowest BCUT2D eigenvalue weighted by molar-refractivity contribution is 0.318. The first-order valence-corrected chi connectivity index (χ1v) is 2.94. The zero-order valence-electron chi connectivity index (χ0n) is 5.73. The van der Waals surface area contributed by atoms with Crippen LogP contribution in [0, 0.1) is 0 Å².